The maximum atomic E-state index is 10.1. The molecule has 12 nitrogen and oxygen atoms in total. The fourth-order valence-electron chi connectivity index (χ4n) is 0.739. The van der Waals surface area contributed by atoms with Crippen LogP contribution in [0.4, 0.5) is 0 Å². The third kappa shape index (κ3) is 24.8. The van der Waals surface area contributed by atoms with E-state index in [-0.39, 0.29) is 17.1 Å². The summed E-state index contributed by atoms with van der Waals surface area (Å²) in [5, 5.41) is 53.9. The molecule has 0 amide bonds. The number of rotatable bonds is 6. The zero-order valence-corrected chi connectivity index (χ0v) is 15.7. The van der Waals surface area contributed by atoms with Crippen LogP contribution in [0.2, 0.25) is 0 Å². The molecule has 0 heterocycles. The number of hydrogen-bond acceptors (Lipinski definition) is 9. The van der Waals surface area contributed by atoms with Crippen LogP contribution in [0.3, 0.4) is 0 Å². The van der Waals surface area contributed by atoms with Crippen LogP contribution in [0.1, 0.15) is 20.8 Å². The Morgan fingerprint density at radius 1 is 0.536 bits per heavy atom. The number of hydrogen-bond donors (Lipinski definition) is 3. The fourth-order valence-corrected chi connectivity index (χ4v) is 0.739. The molecule has 0 unspecified atom stereocenters. The molecule has 0 atom stereocenters. The van der Waals surface area contributed by atoms with Gasteiger partial charge in [0.25, 0.3) is 0 Å². The normalized spacial score (nSPS) is 10.6. The van der Waals surface area contributed by atoms with E-state index in [0.29, 0.717) is 18.2 Å². The van der Waals surface area contributed by atoms with Crippen molar-refractivity contribution in [3.8, 4) is 0 Å². The number of carbonyl (C=O) groups excluding carboxylic acids is 3. The molecule has 13 heteroatoms. The summed E-state index contributed by atoms with van der Waals surface area (Å²) in [6, 6.07) is 0. The summed E-state index contributed by atoms with van der Waals surface area (Å²) in [7, 11) is 0. The molecule has 3 N–H and O–H groups in total. The Morgan fingerprint density at radius 2 is 0.679 bits per heavy atom. The summed E-state index contributed by atoms with van der Waals surface area (Å²) >= 11 is 0. The molecule has 0 aliphatic carbocycles. The Labute approximate surface area is 168 Å². The van der Waals surface area contributed by atoms with Crippen LogP contribution in [0, 0.1) is 0 Å². The van der Waals surface area contributed by atoms with Crippen LogP contribution < -0.4 is 15.3 Å². The predicted octanol–water partition coefficient (Wildman–Crippen LogP) is -3.29. The van der Waals surface area contributed by atoms with Gasteiger partial charge in [-0.25, -0.2) is 14.4 Å². The van der Waals surface area contributed by atoms with Crippen molar-refractivity contribution in [3.63, 3.8) is 0 Å². The molecule has 0 fully saturated rings. The van der Waals surface area contributed by atoms with Gasteiger partial charge < -0.3 is 30.6 Å². The van der Waals surface area contributed by atoms with Gasteiger partial charge in [0, 0.05) is 0 Å². The van der Waals surface area contributed by atoms with E-state index in [1.54, 1.807) is 0 Å². The monoisotopic (exact) mass is 443 g/mol. The summed E-state index contributed by atoms with van der Waals surface area (Å²) in [5.74, 6) is -10.0. The van der Waals surface area contributed by atoms with Crippen molar-refractivity contribution in [1.29, 1.82) is 0 Å². The van der Waals surface area contributed by atoms with Crippen molar-refractivity contribution in [2.24, 2.45) is 0 Å². The van der Waals surface area contributed by atoms with Gasteiger partial charge in [0.15, 0.2) is 17.3 Å². The first-order valence-electron chi connectivity index (χ1n) is 6.49. The Hall–Kier alpha value is -3.44. The van der Waals surface area contributed by atoms with E-state index in [9.17, 15) is 44.1 Å². The van der Waals surface area contributed by atoms with Gasteiger partial charge in [0.1, 0.15) is 0 Å². The molecule has 0 aromatic rings. The molecule has 0 aliphatic heterocycles. The molecule has 1 radical (unpaired) electrons. The quantitative estimate of drug-likeness (QED) is 0.208. The summed E-state index contributed by atoms with van der Waals surface area (Å²) in [4.78, 5) is 59.2. The van der Waals surface area contributed by atoms with Crippen LogP contribution in [-0.4, -0.2) is 50.6 Å². The van der Waals surface area contributed by atoms with E-state index < -0.39 is 52.5 Å². The van der Waals surface area contributed by atoms with Crippen molar-refractivity contribution in [3.05, 3.63) is 35.5 Å². The number of allylic oxidation sites excluding steroid dienone is 3. The molecule has 0 saturated carbocycles. The number of carboxylic acid groups (broad SMARTS) is 3. The zero-order valence-electron chi connectivity index (χ0n) is 14.6. The zero-order chi connectivity index (χ0) is 22.3. The number of carboxylic acids is 3. The molecule has 0 aromatic heterocycles. The molecule has 0 saturated heterocycles. The van der Waals surface area contributed by atoms with E-state index in [1.807, 2.05) is 0 Å². The standard InChI is InChI=1S/3C5H6O4.Fe/c3*1-3(6)2-4(7)5(8)9;/h3*2,7H,1H3,(H,8,9);/q;;;+3/p-3/b3*4-2-;. The molecular formula is C15H15FeO12. The van der Waals surface area contributed by atoms with Gasteiger partial charge in [0.2, 0.25) is 0 Å². The number of ketones is 3. The summed E-state index contributed by atoms with van der Waals surface area (Å²) in [6.07, 6.45) is 1.59. The fraction of sp³-hybridized carbons (Fsp3) is 0.200. The maximum absolute atomic E-state index is 10.1. The molecular weight excluding hydrogens is 428 g/mol. The molecule has 28 heavy (non-hydrogen) atoms. The molecule has 0 bridgehead atoms. The van der Waals surface area contributed by atoms with Crippen molar-refractivity contribution in [2.75, 3.05) is 0 Å². The van der Waals surface area contributed by atoms with Gasteiger partial charge >= 0.3 is 35.0 Å². The van der Waals surface area contributed by atoms with Crippen molar-refractivity contribution in [1.82, 2.24) is 0 Å². The molecule has 0 spiro atoms. The second kappa shape index (κ2) is 17.0. The largest absolute Gasteiger partial charge is 3.00 e. The summed E-state index contributed by atoms with van der Waals surface area (Å²) in [5.41, 5.74) is 0. The second-order valence-electron chi connectivity index (χ2n) is 4.27. The smallest absolute Gasteiger partial charge is 0.868 e. The second-order valence-corrected chi connectivity index (χ2v) is 4.27. The van der Waals surface area contributed by atoms with Gasteiger partial charge in [-0.3, -0.25) is 14.4 Å². The average Bonchev–Trinajstić information content (AvgIpc) is 2.46. The van der Waals surface area contributed by atoms with E-state index in [4.69, 9.17) is 15.3 Å². The van der Waals surface area contributed by atoms with Crippen LogP contribution in [0.25, 0.3) is 0 Å². The van der Waals surface area contributed by atoms with Gasteiger partial charge in [0.05, 0.1) is 0 Å². The first-order valence-corrected chi connectivity index (χ1v) is 6.49. The van der Waals surface area contributed by atoms with Crippen molar-refractivity contribution < 1.29 is 76.5 Å². The molecule has 155 valence electrons. The Morgan fingerprint density at radius 3 is 0.714 bits per heavy atom. The third-order valence-corrected chi connectivity index (χ3v) is 1.64. The van der Waals surface area contributed by atoms with Crippen LogP contribution in [0.15, 0.2) is 35.5 Å². The van der Waals surface area contributed by atoms with Crippen molar-refractivity contribution >= 4 is 35.3 Å². The van der Waals surface area contributed by atoms with Gasteiger partial charge in [-0.1, -0.05) is 0 Å². The number of carbonyl (C=O) groups is 6. The minimum Gasteiger partial charge on any atom is -0.868 e. The van der Waals surface area contributed by atoms with E-state index in [1.165, 1.54) is 0 Å². The topological polar surface area (TPSA) is 232 Å². The molecule has 0 aromatic carbocycles. The van der Waals surface area contributed by atoms with Crippen LogP contribution >= 0.6 is 0 Å². The maximum Gasteiger partial charge on any atom is 3.00 e. The van der Waals surface area contributed by atoms with Gasteiger partial charge in [-0.2, -0.15) is 0 Å². The number of aliphatic carboxylic acids is 3. The predicted molar refractivity (Wildman–Crippen MR) is 79.2 cm³/mol. The summed E-state index contributed by atoms with van der Waals surface area (Å²) < 4.78 is 0. The van der Waals surface area contributed by atoms with E-state index in [2.05, 4.69) is 0 Å². The Bertz CT molecular complexity index is 605. The minimum absolute atomic E-state index is 0. The molecule has 0 aliphatic rings. The van der Waals surface area contributed by atoms with Crippen molar-refractivity contribution in [2.45, 2.75) is 20.8 Å². The first-order chi connectivity index (χ1) is 12.1. The average molecular weight is 443 g/mol. The van der Waals surface area contributed by atoms with Crippen LogP contribution in [0.5, 0.6) is 0 Å². The Kier molecular flexibility index (Phi) is 19.6. The minimum atomic E-state index is -1.61. The SMILES string of the molecule is CC(=O)/C=C(\[O-])C(=O)O.CC(=O)/C=C(\[O-])C(=O)O.CC(=O)/C=C(\[O-])C(=O)O.[Fe+3]. The van der Waals surface area contributed by atoms with E-state index in [0.717, 1.165) is 20.8 Å². The Balaban J connectivity index is -0.000000152. The van der Waals surface area contributed by atoms with Gasteiger partial charge in [-0.05, 0) is 56.3 Å². The van der Waals surface area contributed by atoms with Crippen LogP contribution in [-0.2, 0) is 45.8 Å². The summed E-state index contributed by atoms with van der Waals surface area (Å²) in [6.45, 7) is 3.34. The van der Waals surface area contributed by atoms with E-state index >= 15 is 0 Å². The first kappa shape index (κ1) is 32.2. The van der Waals surface area contributed by atoms with Gasteiger partial charge in [-0.15, -0.1) is 0 Å². The third-order valence-electron chi connectivity index (χ3n) is 1.64. The molecule has 0 rings (SSSR count).